The molecule has 0 aliphatic carbocycles. The van der Waals surface area contributed by atoms with Gasteiger partial charge in [-0.3, -0.25) is 4.79 Å². The molecule has 5 heteroatoms. The third kappa shape index (κ3) is 2.99. The number of anilines is 1. The van der Waals surface area contributed by atoms with E-state index in [-0.39, 0.29) is 12.5 Å². The van der Waals surface area contributed by atoms with E-state index in [1.165, 1.54) is 5.56 Å². The van der Waals surface area contributed by atoms with Crippen molar-refractivity contribution < 1.29 is 4.79 Å². The SMILES string of the molecule is Cc1cc(C)c(NC(=O)Cn2c3ccccc3c3nc4ccccc4nc32)c(C)c1. The lowest BCUT2D eigenvalue weighted by Crippen LogP contribution is -2.20. The first-order chi connectivity index (χ1) is 14.5. The average molecular weight is 394 g/mol. The summed E-state index contributed by atoms with van der Waals surface area (Å²) in [4.78, 5) is 22.7. The molecule has 0 atom stereocenters. The summed E-state index contributed by atoms with van der Waals surface area (Å²) >= 11 is 0. The van der Waals surface area contributed by atoms with E-state index in [1.54, 1.807) is 0 Å². The number of para-hydroxylation sites is 3. The highest BCUT2D eigenvalue weighted by Gasteiger charge is 2.17. The van der Waals surface area contributed by atoms with E-state index in [0.29, 0.717) is 0 Å². The second kappa shape index (κ2) is 6.95. The molecule has 30 heavy (non-hydrogen) atoms. The topological polar surface area (TPSA) is 59.8 Å². The molecular formula is C25H22N4O. The van der Waals surface area contributed by atoms with Gasteiger partial charge in [-0.25, -0.2) is 9.97 Å². The predicted octanol–water partition coefficient (Wildman–Crippen LogP) is 5.30. The molecule has 0 spiro atoms. The summed E-state index contributed by atoms with van der Waals surface area (Å²) in [5.74, 6) is -0.0809. The number of fused-ring (bicyclic) bond motifs is 4. The summed E-state index contributed by atoms with van der Waals surface area (Å²) in [6.45, 7) is 6.28. The van der Waals surface area contributed by atoms with Crippen LogP contribution in [-0.4, -0.2) is 20.4 Å². The largest absolute Gasteiger partial charge is 0.324 e. The van der Waals surface area contributed by atoms with Gasteiger partial charge in [0.25, 0.3) is 0 Å². The molecule has 1 amide bonds. The zero-order chi connectivity index (χ0) is 20.8. The van der Waals surface area contributed by atoms with Crippen molar-refractivity contribution >= 4 is 44.7 Å². The van der Waals surface area contributed by atoms with E-state index < -0.39 is 0 Å². The molecular weight excluding hydrogens is 372 g/mol. The summed E-state index contributed by atoms with van der Waals surface area (Å²) in [5, 5.41) is 4.10. The molecule has 0 radical (unpaired) electrons. The molecule has 0 aliphatic heterocycles. The molecule has 0 fully saturated rings. The number of aryl methyl sites for hydroxylation is 3. The third-order valence-electron chi connectivity index (χ3n) is 5.50. The fraction of sp³-hybridized carbons (Fsp3) is 0.160. The number of nitrogens with one attached hydrogen (secondary N) is 1. The third-order valence-corrected chi connectivity index (χ3v) is 5.50. The Bertz CT molecular complexity index is 1430. The van der Waals surface area contributed by atoms with Crippen molar-refractivity contribution in [1.29, 1.82) is 0 Å². The lowest BCUT2D eigenvalue weighted by atomic mass is 10.1. The van der Waals surface area contributed by atoms with Crippen molar-refractivity contribution in [2.45, 2.75) is 27.3 Å². The van der Waals surface area contributed by atoms with Gasteiger partial charge >= 0.3 is 0 Å². The fourth-order valence-electron chi connectivity index (χ4n) is 4.24. The molecule has 0 aliphatic rings. The van der Waals surface area contributed by atoms with E-state index in [2.05, 4.69) is 24.4 Å². The minimum absolute atomic E-state index is 0.0809. The van der Waals surface area contributed by atoms with Gasteiger partial charge in [0.1, 0.15) is 12.1 Å². The molecule has 0 unspecified atom stereocenters. The Morgan fingerprint density at radius 2 is 1.53 bits per heavy atom. The summed E-state index contributed by atoms with van der Waals surface area (Å²) < 4.78 is 1.96. The summed E-state index contributed by atoms with van der Waals surface area (Å²) in [6.07, 6.45) is 0. The lowest BCUT2D eigenvalue weighted by Gasteiger charge is -2.14. The minimum atomic E-state index is -0.0809. The van der Waals surface area contributed by atoms with Crippen molar-refractivity contribution in [3.8, 4) is 0 Å². The number of nitrogens with zero attached hydrogens (tertiary/aromatic N) is 3. The number of carbonyl (C=O) groups excluding carboxylic acids is 1. The van der Waals surface area contributed by atoms with Crippen molar-refractivity contribution in [2.75, 3.05) is 5.32 Å². The Labute approximate surface area is 174 Å². The zero-order valence-electron chi connectivity index (χ0n) is 17.2. The van der Waals surface area contributed by atoms with Gasteiger partial charge < -0.3 is 9.88 Å². The Balaban J connectivity index is 1.61. The van der Waals surface area contributed by atoms with Gasteiger partial charge in [0.2, 0.25) is 5.91 Å². The molecule has 2 heterocycles. The Morgan fingerprint density at radius 1 is 0.900 bits per heavy atom. The number of carbonyl (C=O) groups is 1. The molecule has 148 valence electrons. The Hall–Kier alpha value is -3.73. The highest BCUT2D eigenvalue weighted by atomic mass is 16.1. The fourth-order valence-corrected chi connectivity index (χ4v) is 4.24. The summed E-state index contributed by atoms with van der Waals surface area (Å²) in [6, 6.07) is 20.0. The Kier molecular flexibility index (Phi) is 4.24. The van der Waals surface area contributed by atoms with Gasteiger partial charge in [-0.2, -0.15) is 0 Å². The van der Waals surface area contributed by atoms with Gasteiger partial charge in [0.05, 0.1) is 16.6 Å². The second-order valence-corrected chi connectivity index (χ2v) is 7.81. The van der Waals surface area contributed by atoms with Gasteiger partial charge in [0, 0.05) is 11.1 Å². The van der Waals surface area contributed by atoms with Crippen LogP contribution in [0.15, 0.2) is 60.7 Å². The molecule has 5 rings (SSSR count). The van der Waals surface area contributed by atoms with E-state index in [9.17, 15) is 4.79 Å². The second-order valence-electron chi connectivity index (χ2n) is 7.81. The van der Waals surface area contributed by atoms with Crippen LogP contribution in [0, 0.1) is 20.8 Å². The highest BCUT2D eigenvalue weighted by molar-refractivity contribution is 6.07. The van der Waals surface area contributed by atoms with Crippen LogP contribution in [0.25, 0.3) is 33.1 Å². The van der Waals surface area contributed by atoms with Crippen LogP contribution in [-0.2, 0) is 11.3 Å². The van der Waals surface area contributed by atoms with Crippen molar-refractivity contribution in [2.24, 2.45) is 0 Å². The maximum absolute atomic E-state index is 13.0. The molecule has 2 aromatic heterocycles. The summed E-state index contributed by atoms with van der Waals surface area (Å²) in [5.41, 5.74) is 8.36. The van der Waals surface area contributed by atoms with E-state index in [1.807, 2.05) is 66.9 Å². The van der Waals surface area contributed by atoms with Gasteiger partial charge in [0.15, 0.2) is 5.65 Å². The molecule has 0 bridgehead atoms. The van der Waals surface area contributed by atoms with Crippen LogP contribution in [0.5, 0.6) is 0 Å². The van der Waals surface area contributed by atoms with Gasteiger partial charge in [-0.1, -0.05) is 48.0 Å². The Morgan fingerprint density at radius 3 is 2.27 bits per heavy atom. The lowest BCUT2D eigenvalue weighted by molar-refractivity contribution is -0.116. The van der Waals surface area contributed by atoms with E-state index in [4.69, 9.17) is 9.97 Å². The van der Waals surface area contributed by atoms with Crippen LogP contribution in [0.1, 0.15) is 16.7 Å². The monoisotopic (exact) mass is 394 g/mol. The standard InChI is InChI=1S/C25H22N4O/c1-15-12-16(2)23(17(3)13-15)28-22(30)14-29-21-11-7-4-8-18(21)24-25(29)27-20-10-6-5-9-19(20)26-24/h4-13H,14H2,1-3H3,(H,28,30). The van der Waals surface area contributed by atoms with Gasteiger partial charge in [-0.05, 0) is 50.1 Å². The van der Waals surface area contributed by atoms with Crippen molar-refractivity contribution in [1.82, 2.24) is 14.5 Å². The molecule has 5 nitrogen and oxygen atoms in total. The van der Waals surface area contributed by atoms with E-state index >= 15 is 0 Å². The van der Waals surface area contributed by atoms with E-state index in [0.717, 1.165) is 49.9 Å². The predicted molar refractivity (Wildman–Crippen MR) is 122 cm³/mol. The maximum atomic E-state index is 13.0. The number of benzene rings is 3. The number of amides is 1. The molecule has 1 N–H and O–H groups in total. The zero-order valence-corrected chi connectivity index (χ0v) is 17.2. The number of rotatable bonds is 3. The smallest absolute Gasteiger partial charge is 0.244 e. The number of hydrogen-bond donors (Lipinski definition) is 1. The quantitative estimate of drug-likeness (QED) is 0.452. The highest BCUT2D eigenvalue weighted by Crippen LogP contribution is 2.28. The number of aromatic nitrogens is 3. The number of hydrogen-bond acceptors (Lipinski definition) is 3. The van der Waals surface area contributed by atoms with Crippen molar-refractivity contribution in [3.63, 3.8) is 0 Å². The normalized spacial score (nSPS) is 11.4. The van der Waals surface area contributed by atoms with Gasteiger partial charge in [-0.15, -0.1) is 0 Å². The molecule has 0 saturated heterocycles. The first-order valence-corrected chi connectivity index (χ1v) is 10.0. The first kappa shape index (κ1) is 18.3. The minimum Gasteiger partial charge on any atom is -0.324 e. The van der Waals surface area contributed by atoms with Crippen LogP contribution in [0.3, 0.4) is 0 Å². The van der Waals surface area contributed by atoms with Crippen LogP contribution < -0.4 is 5.32 Å². The summed E-state index contributed by atoms with van der Waals surface area (Å²) in [7, 11) is 0. The van der Waals surface area contributed by atoms with Crippen molar-refractivity contribution in [3.05, 3.63) is 77.4 Å². The van der Waals surface area contributed by atoms with Crippen LogP contribution in [0.2, 0.25) is 0 Å². The average Bonchev–Trinajstić information content (AvgIpc) is 3.02. The van der Waals surface area contributed by atoms with Crippen LogP contribution >= 0.6 is 0 Å². The van der Waals surface area contributed by atoms with Crippen LogP contribution in [0.4, 0.5) is 5.69 Å². The molecule has 5 aromatic rings. The molecule has 0 saturated carbocycles. The maximum Gasteiger partial charge on any atom is 0.244 e. The first-order valence-electron chi connectivity index (χ1n) is 10.0. The molecule has 3 aromatic carbocycles.